The summed E-state index contributed by atoms with van der Waals surface area (Å²) in [6.45, 7) is 8.08. The monoisotopic (exact) mass is 388 g/mol. The summed E-state index contributed by atoms with van der Waals surface area (Å²) in [4.78, 5) is 6.97. The third-order valence-electron chi connectivity index (χ3n) is 5.26. The Hall–Kier alpha value is -2.38. The van der Waals surface area contributed by atoms with Crippen molar-refractivity contribution in [3.05, 3.63) is 58.9 Å². The lowest BCUT2D eigenvalue weighted by Gasteiger charge is -2.27. The van der Waals surface area contributed by atoms with Crippen LogP contribution in [0.3, 0.4) is 0 Å². The SMILES string of the molecule is Cc1ccc(-c2nc3ccc(C(F)(F)F)cn3c2CN2CCNCC2)c(C)c1. The lowest BCUT2D eigenvalue weighted by Crippen LogP contribution is -2.43. The van der Waals surface area contributed by atoms with E-state index in [4.69, 9.17) is 4.98 Å². The van der Waals surface area contributed by atoms with Crippen LogP contribution in [0.25, 0.3) is 16.9 Å². The Morgan fingerprint density at radius 2 is 1.82 bits per heavy atom. The van der Waals surface area contributed by atoms with Gasteiger partial charge in [-0.1, -0.05) is 23.8 Å². The van der Waals surface area contributed by atoms with Gasteiger partial charge in [-0.15, -0.1) is 0 Å². The summed E-state index contributed by atoms with van der Waals surface area (Å²) in [6.07, 6.45) is -3.21. The number of pyridine rings is 1. The second-order valence-electron chi connectivity index (χ2n) is 7.40. The molecule has 0 atom stereocenters. The minimum absolute atomic E-state index is 0.535. The molecule has 1 saturated heterocycles. The lowest BCUT2D eigenvalue weighted by atomic mass is 10.0. The predicted molar refractivity (Wildman–Crippen MR) is 103 cm³/mol. The van der Waals surface area contributed by atoms with Gasteiger partial charge in [0.05, 0.1) is 17.0 Å². The fourth-order valence-corrected chi connectivity index (χ4v) is 3.79. The first-order valence-corrected chi connectivity index (χ1v) is 9.42. The topological polar surface area (TPSA) is 32.6 Å². The molecule has 1 N–H and O–H groups in total. The van der Waals surface area contributed by atoms with Crippen molar-refractivity contribution in [2.24, 2.45) is 0 Å². The van der Waals surface area contributed by atoms with Gasteiger partial charge in [0, 0.05) is 44.5 Å². The van der Waals surface area contributed by atoms with Crippen molar-refractivity contribution in [2.45, 2.75) is 26.6 Å². The highest BCUT2D eigenvalue weighted by Gasteiger charge is 2.31. The third-order valence-corrected chi connectivity index (χ3v) is 5.26. The van der Waals surface area contributed by atoms with E-state index in [1.807, 2.05) is 26.0 Å². The van der Waals surface area contributed by atoms with E-state index >= 15 is 0 Å². The Labute approximate surface area is 162 Å². The largest absolute Gasteiger partial charge is 0.417 e. The molecule has 0 unspecified atom stereocenters. The van der Waals surface area contributed by atoms with Crippen molar-refractivity contribution in [1.82, 2.24) is 19.6 Å². The molecule has 0 amide bonds. The van der Waals surface area contributed by atoms with Crippen LogP contribution in [0.5, 0.6) is 0 Å². The molecular formula is C21H23F3N4. The van der Waals surface area contributed by atoms with Crippen LogP contribution in [-0.4, -0.2) is 40.5 Å². The molecule has 1 fully saturated rings. The standard InChI is InChI=1S/C21H23F3N4/c1-14-3-5-17(15(2)11-14)20-18(13-27-9-7-25-8-10-27)28-12-16(21(22,23)24)4-6-19(28)26-20/h3-6,11-12,25H,7-10,13H2,1-2H3. The summed E-state index contributed by atoms with van der Waals surface area (Å²) < 4.78 is 41.5. The summed E-state index contributed by atoms with van der Waals surface area (Å²) >= 11 is 0. The van der Waals surface area contributed by atoms with Gasteiger partial charge in [-0.25, -0.2) is 4.98 Å². The Morgan fingerprint density at radius 3 is 2.50 bits per heavy atom. The fraction of sp³-hybridized carbons (Fsp3) is 0.381. The van der Waals surface area contributed by atoms with E-state index < -0.39 is 11.7 Å². The maximum absolute atomic E-state index is 13.3. The Balaban J connectivity index is 1.88. The number of halogens is 3. The molecule has 3 aromatic rings. The van der Waals surface area contributed by atoms with E-state index in [1.165, 1.54) is 12.3 Å². The average molecular weight is 388 g/mol. The van der Waals surface area contributed by atoms with Crippen molar-refractivity contribution < 1.29 is 13.2 Å². The van der Waals surface area contributed by atoms with Crippen molar-refractivity contribution >= 4 is 5.65 Å². The lowest BCUT2D eigenvalue weighted by molar-refractivity contribution is -0.137. The minimum atomic E-state index is -4.38. The quantitative estimate of drug-likeness (QED) is 0.735. The van der Waals surface area contributed by atoms with Gasteiger partial charge in [-0.2, -0.15) is 13.2 Å². The van der Waals surface area contributed by atoms with Gasteiger partial charge in [0.1, 0.15) is 5.65 Å². The second kappa shape index (κ2) is 7.22. The summed E-state index contributed by atoms with van der Waals surface area (Å²) in [5.74, 6) is 0. The van der Waals surface area contributed by atoms with Crippen LogP contribution in [0.1, 0.15) is 22.4 Å². The highest BCUT2D eigenvalue weighted by Crippen LogP contribution is 2.33. The normalized spacial score (nSPS) is 16.0. The number of hydrogen-bond acceptors (Lipinski definition) is 3. The first kappa shape index (κ1) is 19.0. The van der Waals surface area contributed by atoms with Crippen molar-refractivity contribution in [3.63, 3.8) is 0 Å². The van der Waals surface area contributed by atoms with Gasteiger partial charge in [0.2, 0.25) is 0 Å². The number of piperazine rings is 1. The van der Waals surface area contributed by atoms with Crippen LogP contribution < -0.4 is 5.32 Å². The molecule has 0 radical (unpaired) electrons. The first-order chi connectivity index (χ1) is 13.3. The zero-order valence-electron chi connectivity index (χ0n) is 16.0. The number of fused-ring (bicyclic) bond motifs is 1. The van der Waals surface area contributed by atoms with Crippen LogP contribution in [-0.2, 0) is 12.7 Å². The summed E-state index contributed by atoms with van der Waals surface area (Å²) in [6, 6.07) is 8.66. The molecule has 28 heavy (non-hydrogen) atoms. The Kier molecular flexibility index (Phi) is 4.89. The van der Waals surface area contributed by atoms with Gasteiger partial charge in [-0.05, 0) is 31.5 Å². The van der Waals surface area contributed by atoms with Crippen LogP contribution >= 0.6 is 0 Å². The highest BCUT2D eigenvalue weighted by atomic mass is 19.4. The zero-order valence-corrected chi connectivity index (χ0v) is 16.0. The molecule has 2 aromatic heterocycles. The number of aromatic nitrogens is 2. The van der Waals surface area contributed by atoms with Crippen molar-refractivity contribution in [3.8, 4) is 11.3 Å². The number of aryl methyl sites for hydroxylation is 2. The molecule has 0 spiro atoms. The number of rotatable bonds is 3. The summed E-state index contributed by atoms with van der Waals surface area (Å²) in [5, 5.41) is 3.31. The molecular weight excluding hydrogens is 365 g/mol. The van der Waals surface area contributed by atoms with Crippen LogP contribution in [0.2, 0.25) is 0 Å². The predicted octanol–water partition coefficient (Wildman–Crippen LogP) is 4.04. The molecule has 1 aliphatic heterocycles. The molecule has 148 valence electrons. The van der Waals surface area contributed by atoms with E-state index in [0.29, 0.717) is 12.2 Å². The number of alkyl halides is 3. The second-order valence-corrected chi connectivity index (χ2v) is 7.40. The average Bonchev–Trinajstić information content (AvgIpc) is 2.99. The maximum atomic E-state index is 13.3. The summed E-state index contributed by atoms with van der Waals surface area (Å²) in [5.41, 5.74) is 4.62. The van der Waals surface area contributed by atoms with Crippen LogP contribution in [0, 0.1) is 13.8 Å². The van der Waals surface area contributed by atoms with E-state index in [0.717, 1.165) is 60.3 Å². The minimum Gasteiger partial charge on any atom is -0.314 e. The molecule has 0 saturated carbocycles. The van der Waals surface area contributed by atoms with E-state index in [-0.39, 0.29) is 0 Å². The number of hydrogen-bond donors (Lipinski definition) is 1. The van der Waals surface area contributed by atoms with Crippen molar-refractivity contribution in [1.29, 1.82) is 0 Å². The molecule has 7 heteroatoms. The molecule has 0 aliphatic carbocycles. The first-order valence-electron chi connectivity index (χ1n) is 9.42. The number of imidazole rings is 1. The van der Waals surface area contributed by atoms with Gasteiger partial charge in [-0.3, -0.25) is 4.90 Å². The van der Waals surface area contributed by atoms with Gasteiger partial charge in [0.15, 0.2) is 0 Å². The van der Waals surface area contributed by atoms with Gasteiger partial charge in [0.25, 0.3) is 0 Å². The van der Waals surface area contributed by atoms with E-state index in [2.05, 4.69) is 16.3 Å². The number of nitrogens with zero attached hydrogens (tertiary/aromatic N) is 3. The number of benzene rings is 1. The molecule has 4 nitrogen and oxygen atoms in total. The number of nitrogens with one attached hydrogen (secondary N) is 1. The van der Waals surface area contributed by atoms with Crippen LogP contribution in [0.15, 0.2) is 36.5 Å². The Bertz CT molecular complexity index is 1000. The highest BCUT2D eigenvalue weighted by molar-refractivity contribution is 5.70. The van der Waals surface area contributed by atoms with Crippen LogP contribution in [0.4, 0.5) is 13.2 Å². The molecule has 0 bridgehead atoms. The smallest absolute Gasteiger partial charge is 0.314 e. The third kappa shape index (κ3) is 3.64. The van der Waals surface area contributed by atoms with Crippen molar-refractivity contribution in [2.75, 3.05) is 26.2 Å². The Morgan fingerprint density at radius 1 is 1.07 bits per heavy atom. The molecule has 1 aromatic carbocycles. The zero-order chi connectivity index (χ0) is 19.9. The molecule has 1 aliphatic rings. The van der Waals surface area contributed by atoms with E-state index in [9.17, 15) is 13.2 Å². The fourth-order valence-electron chi connectivity index (χ4n) is 3.79. The molecule has 4 rings (SSSR count). The van der Waals surface area contributed by atoms with E-state index in [1.54, 1.807) is 4.40 Å². The van der Waals surface area contributed by atoms with Gasteiger partial charge < -0.3 is 9.72 Å². The summed E-state index contributed by atoms with van der Waals surface area (Å²) in [7, 11) is 0. The molecule has 3 heterocycles. The maximum Gasteiger partial charge on any atom is 0.417 e. The van der Waals surface area contributed by atoms with Gasteiger partial charge >= 0.3 is 6.18 Å².